The van der Waals surface area contributed by atoms with Gasteiger partial charge in [-0.3, -0.25) is 9.59 Å². The molecule has 0 bridgehead atoms. The number of aryl methyl sites for hydroxylation is 2. The van der Waals surface area contributed by atoms with Crippen molar-refractivity contribution >= 4 is 35.0 Å². The average molecular weight is 326 g/mol. The predicted octanol–water partition coefficient (Wildman–Crippen LogP) is 3.38. The van der Waals surface area contributed by atoms with Crippen LogP contribution in [-0.2, 0) is 9.59 Å². The smallest absolute Gasteiger partial charge is 0.244 e. The number of anilines is 2. The molecular weight excluding hydrogens is 308 g/mol. The normalized spacial score (nSPS) is 13.7. The van der Waals surface area contributed by atoms with E-state index < -0.39 is 0 Å². The second-order valence-corrected chi connectivity index (χ2v) is 6.68. The Morgan fingerprint density at radius 3 is 2.61 bits per heavy atom. The van der Waals surface area contributed by atoms with Gasteiger partial charge >= 0.3 is 0 Å². The zero-order chi connectivity index (χ0) is 16.4. The summed E-state index contributed by atoms with van der Waals surface area (Å²) in [5.41, 5.74) is 3.76. The number of fused-ring (bicyclic) bond motifs is 1. The van der Waals surface area contributed by atoms with E-state index in [0.717, 1.165) is 27.4 Å². The molecule has 0 aromatic heterocycles. The summed E-state index contributed by atoms with van der Waals surface area (Å²) in [4.78, 5) is 27.1. The third-order valence-electron chi connectivity index (χ3n) is 3.62. The molecule has 0 fully saturated rings. The van der Waals surface area contributed by atoms with Crippen molar-refractivity contribution < 1.29 is 9.59 Å². The molecule has 0 spiro atoms. The molecule has 0 unspecified atom stereocenters. The summed E-state index contributed by atoms with van der Waals surface area (Å²) in [5, 5.41) is 2.88. The molecule has 2 aromatic carbocycles. The van der Waals surface area contributed by atoms with Crippen LogP contribution in [0.5, 0.6) is 0 Å². The summed E-state index contributed by atoms with van der Waals surface area (Å²) in [6, 6.07) is 13.6. The summed E-state index contributed by atoms with van der Waals surface area (Å²) in [6.07, 6.45) is 0. The van der Waals surface area contributed by atoms with Crippen molar-refractivity contribution in [3.8, 4) is 0 Å². The van der Waals surface area contributed by atoms with Crippen molar-refractivity contribution in [2.75, 3.05) is 22.5 Å². The van der Waals surface area contributed by atoms with Crippen molar-refractivity contribution in [1.29, 1.82) is 0 Å². The Bertz CT molecular complexity index is 753. The van der Waals surface area contributed by atoms with E-state index in [1.54, 1.807) is 4.90 Å². The Morgan fingerprint density at radius 1 is 1.17 bits per heavy atom. The molecule has 3 rings (SSSR count). The number of benzene rings is 2. The van der Waals surface area contributed by atoms with Crippen LogP contribution in [0.1, 0.15) is 11.1 Å². The number of hydrogen-bond donors (Lipinski definition) is 1. The number of hydrogen-bond acceptors (Lipinski definition) is 3. The Labute approximate surface area is 139 Å². The van der Waals surface area contributed by atoms with Gasteiger partial charge in [-0.2, -0.15) is 0 Å². The van der Waals surface area contributed by atoms with Crippen LogP contribution in [-0.4, -0.2) is 24.1 Å². The molecule has 0 saturated carbocycles. The van der Waals surface area contributed by atoms with Gasteiger partial charge in [-0.15, -0.1) is 11.8 Å². The number of carbonyl (C=O) groups excluding carboxylic acids is 2. The first-order valence-electron chi connectivity index (χ1n) is 7.43. The summed E-state index contributed by atoms with van der Waals surface area (Å²) in [7, 11) is 0. The van der Waals surface area contributed by atoms with Gasteiger partial charge in [-0.1, -0.05) is 18.2 Å². The molecule has 1 aliphatic rings. The second kappa shape index (κ2) is 6.46. The van der Waals surface area contributed by atoms with E-state index in [4.69, 9.17) is 0 Å². The maximum Gasteiger partial charge on any atom is 0.244 e. The topological polar surface area (TPSA) is 49.4 Å². The number of thioether (sulfide) groups is 1. The van der Waals surface area contributed by atoms with Gasteiger partial charge in [0.1, 0.15) is 6.54 Å². The lowest BCUT2D eigenvalue weighted by molar-refractivity contribution is -0.120. The van der Waals surface area contributed by atoms with E-state index in [0.29, 0.717) is 5.75 Å². The molecule has 5 heteroatoms. The van der Waals surface area contributed by atoms with Gasteiger partial charge in [0.15, 0.2) is 0 Å². The van der Waals surface area contributed by atoms with E-state index in [1.807, 2.05) is 50.2 Å². The average Bonchev–Trinajstić information content (AvgIpc) is 2.49. The van der Waals surface area contributed by atoms with Crippen LogP contribution in [0.4, 0.5) is 11.4 Å². The van der Waals surface area contributed by atoms with Crippen LogP contribution >= 0.6 is 11.8 Å². The molecule has 4 nitrogen and oxygen atoms in total. The first-order chi connectivity index (χ1) is 11.0. The summed E-state index contributed by atoms with van der Waals surface area (Å²) >= 11 is 1.51. The third-order valence-corrected chi connectivity index (χ3v) is 4.66. The van der Waals surface area contributed by atoms with Crippen LogP contribution in [0, 0.1) is 13.8 Å². The van der Waals surface area contributed by atoms with Gasteiger partial charge in [0.25, 0.3) is 0 Å². The number of amides is 2. The van der Waals surface area contributed by atoms with E-state index in [9.17, 15) is 9.59 Å². The standard InChI is InChI=1S/C18H18N2O2S/c1-12-7-13(2)9-14(8-12)19-17(21)10-20-15-5-3-4-6-16(15)23-11-18(20)22/h3-9H,10-11H2,1-2H3,(H,19,21). The van der Waals surface area contributed by atoms with E-state index in [2.05, 4.69) is 11.4 Å². The quantitative estimate of drug-likeness (QED) is 0.941. The zero-order valence-corrected chi connectivity index (χ0v) is 13.9. The lowest BCUT2D eigenvalue weighted by Crippen LogP contribution is -2.41. The molecule has 0 atom stereocenters. The van der Waals surface area contributed by atoms with Crippen molar-refractivity contribution in [3.05, 3.63) is 53.6 Å². The molecule has 1 aliphatic heterocycles. The fraction of sp³-hybridized carbons (Fsp3) is 0.222. The van der Waals surface area contributed by atoms with Crippen molar-refractivity contribution in [2.24, 2.45) is 0 Å². The molecule has 2 aromatic rings. The molecule has 23 heavy (non-hydrogen) atoms. The van der Waals surface area contributed by atoms with Crippen LogP contribution in [0.2, 0.25) is 0 Å². The van der Waals surface area contributed by atoms with Gasteiger partial charge in [0.05, 0.1) is 11.4 Å². The molecule has 2 amide bonds. The monoisotopic (exact) mass is 326 g/mol. The minimum atomic E-state index is -0.190. The Hall–Kier alpha value is -2.27. The van der Waals surface area contributed by atoms with Crippen molar-refractivity contribution in [1.82, 2.24) is 0 Å². The lowest BCUT2D eigenvalue weighted by atomic mass is 10.1. The Balaban J connectivity index is 1.76. The van der Waals surface area contributed by atoms with Crippen LogP contribution in [0.15, 0.2) is 47.4 Å². The molecule has 118 valence electrons. The minimum absolute atomic E-state index is 0.0311. The molecule has 0 radical (unpaired) electrons. The van der Waals surface area contributed by atoms with E-state index in [1.165, 1.54) is 11.8 Å². The highest BCUT2D eigenvalue weighted by molar-refractivity contribution is 8.00. The summed E-state index contributed by atoms with van der Waals surface area (Å²) in [6.45, 7) is 4.01. The maximum absolute atomic E-state index is 12.3. The highest BCUT2D eigenvalue weighted by atomic mass is 32.2. The zero-order valence-electron chi connectivity index (χ0n) is 13.1. The highest BCUT2D eigenvalue weighted by Crippen LogP contribution is 2.34. The van der Waals surface area contributed by atoms with Gasteiger partial charge in [-0.25, -0.2) is 0 Å². The molecule has 1 heterocycles. The molecule has 0 saturated heterocycles. The summed E-state index contributed by atoms with van der Waals surface area (Å²) in [5.74, 6) is 0.141. The van der Waals surface area contributed by atoms with Gasteiger partial charge in [0, 0.05) is 10.6 Å². The Morgan fingerprint density at radius 2 is 1.87 bits per heavy atom. The van der Waals surface area contributed by atoms with Crippen LogP contribution < -0.4 is 10.2 Å². The number of rotatable bonds is 3. The second-order valence-electron chi connectivity index (χ2n) is 5.66. The number of nitrogens with one attached hydrogen (secondary N) is 1. The molecule has 0 aliphatic carbocycles. The fourth-order valence-corrected chi connectivity index (χ4v) is 3.65. The third kappa shape index (κ3) is 3.56. The largest absolute Gasteiger partial charge is 0.325 e. The number of para-hydroxylation sites is 1. The maximum atomic E-state index is 12.3. The predicted molar refractivity (Wildman–Crippen MR) is 94.1 cm³/mol. The lowest BCUT2D eigenvalue weighted by Gasteiger charge is -2.28. The number of nitrogens with zero attached hydrogens (tertiary/aromatic N) is 1. The van der Waals surface area contributed by atoms with E-state index >= 15 is 0 Å². The van der Waals surface area contributed by atoms with Gasteiger partial charge in [0.2, 0.25) is 11.8 Å². The highest BCUT2D eigenvalue weighted by Gasteiger charge is 2.26. The first kappa shape index (κ1) is 15.6. The minimum Gasteiger partial charge on any atom is -0.325 e. The van der Waals surface area contributed by atoms with E-state index in [-0.39, 0.29) is 18.4 Å². The van der Waals surface area contributed by atoms with Crippen molar-refractivity contribution in [2.45, 2.75) is 18.7 Å². The van der Waals surface area contributed by atoms with Gasteiger partial charge < -0.3 is 10.2 Å². The number of carbonyl (C=O) groups is 2. The van der Waals surface area contributed by atoms with Gasteiger partial charge in [-0.05, 0) is 49.2 Å². The SMILES string of the molecule is Cc1cc(C)cc(NC(=O)CN2C(=O)CSc3ccccc32)c1. The van der Waals surface area contributed by atoms with Crippen LogP contribution in [0.25, 0.3) is 0 Å². The molecule has 1 N–H and O–H groups in total. The fourth-order valence-electron chi connectivity index (χ4n) is 2.72. The summed E-state index contributed by atoms with van der Waals surface area (Å²) < 4.78 is 0. The van der Waals surface area contributed by atoms with Crippen molar-refractivity contribution in [3.63, 3.8) is 0 Å². The molecular formula is C18H18N2O2S. The first-order valence-corrected chi connectivity index (χ1v) is 8.42. The Kier molecular flexibility index (Phi) is 4.39. The van der Waals surface area contributed by atoms with Crippen LogP contribution in [0.3, 0.4) is 0 Å².